The third-order valence-electron chi connectivity index (χ3n) is 4.57. The van der Waals surface area contributed by atoms with Gasteiger partial charge in [-0.25, -0.2) is 0 Å². The molecule has 1 aliphatic heterocycles. The molecule has 3 rings (SSSR count). The van der Waals surface area contributed by atoms with Gasteiger partial charge in [-0.05, 0) is 43.4 Å². The highest BCUT2D eigenvalue weighted by Crippen LogP contribution is 2.32. The largest absolute Gasteiger partial charge is 0.304 e. The van der Waals surface area contributed by atoms with E-state index in [-0.39, 0.29) is 0 Å². The van der Waals surface area contributed by atoms with E-state index in [1.54, 1.807) is 11.1 Å². The van der Waals surface area contributed by atoms with Crippen LogP contribution in [0, 0.1) is 0 Å². The molecule has 2 aliphatic rings. The first kappa shape index (κ1) is 12.2. The number of fused-ring (bicyclic) bond motifs is 1. The zero-order valence-electron chi connectivity index (χ0n) is 11.4. The highest BCUT2D eigenvalue weighted by atomic mass is 15.2. The minimum Gasteiger partial charge on any atom is -0.304 e. The van der Waals surface area contributed by atoms with E-state index in [9.17, 15) is 0 Å². The van der Waals surface area contributed by atoms with E-state index in [1.165, 1.54) is 52.0 Å². The number of piperazine rings is 1. The first-order chi connectivity index (χ1) is 8.83. The normalized spacial score (nSPS) is 25.9. The summed E-state index contributed by atoms with van der Waals surface area (Å²) in [7, 11) is 2.23. The van der Waals surface area contributed by atoms with Crippen LogP contribution in [0.5, 0.6) is 0 Å². The Morgan fingerprint density at radius 3 is 2.72 bits per heavy atom. The van der Waals surface area contributed by atoms with E-state index in [0.717, 1.165) is 5.92 Å². The van der Waals surface area contributed by atoms with Crippen molar-refractivity contribution in [3.05, 3.63) is 35.4 Å². The van der Waals surface area contributed by atoms with Crippen LogP contribution in [0.3, 0.4) is 0 Å². The Hall–Kier alpha value is -0.860. The molecular weight excluding hydrogens is 220 g/mol. The molecule has 1 saturated heterocycles. The molecule has 0 bridgehead atoms. The van der Waals surface area contributed by atoms with Gasteiger partial charge in [0.1, 0.15) is 0 Å². The number of hydrogen-bond donors (Lipinski definition) is 0. The molecule has 18 heavy (non-hydrogen) atoms. The van der Waals surface area contributed by atoms with Crippen molar-refractivity contribution in [2.75, 3.05) is 39.8 Å². The van der Waals surface area contributed by atoms with Gasteiger partial charge in [-0.15, -0.1) is 0 Å². The number of benzene rings is 1. The molecule has 1 aromatic rings. The van der Waals surface area contributed by atoms with Gasteiger partial charge in [-0.3, -0.25) is 0 Å². The summed E-state index contributed by atoms with van der Waals surface area (Å²) in [5.41, 5.74) is 3.23. The fraction of sp³-hybridized carbons (Fsp3) is 0.625. The molecule has 1 aliphatic carbocycles. The van der Waals surface area contributed by atoms with Gasteiger partial charge in [0.15, 0.2) is 0 Å². The molecule has 2 heteroatoms. The van der Waals surface area contributed by atoms with Gasteiger partial charge in [0.25, 0.3) is 0 Å². The Labute approximate surface area is 111 Å². The van der Waals surface area contributed by atoms with E-state index < -0.39 is 0 Å². The van der Waals surface area contributed by atoms with E-state index >= 15 is 0 Å². The number of likely N-dealkylation sites (N-methyl/N-ethyl adjacent to an activating group) is 1. The van der Waals surface area contributed by atoms with Crippen molar-refractivity contribution in [3.8, 4) is 0 Å². The second-order valence-corrected chi connectivity index (χ2v) is 5.89. The standard InChI is InChI=1S/C16H24N2/c1-17-9-11-18(12-10-17)13-15-7-4-6-14-5-2-3-8-16(14)15/h2-3,5,8,15H,4,6-7,9-13H2,1H3. The first-order valence-electron chi connectivity index (χ1n) is 7.31. The molecule has 0 radical (unpaired) electrons. The average Bonchev–Trinajstić information content (AvgIpc) is 2.42. The van der Waals surface area contributed by atoms with Crippen molar-refractivity contribution in [1.29, 1.82) is 0 Å². The van der Waals surface area contributed by atoms with Crippen molar-refractivity contribution >= 4 is 0 Å². The lowest BCUT2D eigenvalue weighted by molar-refractivity contribution is 0.144. The molecule has 0 N–H and O–H groups in total. The summed E-state index contributed by atoms with van der Waals surface area (Å²) in [5.74, 6) is 0.776. The predicted molar refractivity (Wildman–Crippen MR) is 76.1 cm³/mol. The first-order valence-corrected chi connectivity index (χ1v) is 7.31. The second kappa shape index (κ2) is 5.41. The highest BCUT2D eigenvalue weighted by molar-refractivity contribution is 5.32. The zero-order chi connectivity index (χ0) is 12.4. The summed E-state index contributed by atoms with van der Waals surface area (Å²) in [6.45, 7) is 6.22. The van der Waals surface area contributed by atoms with Crippen molar-refractivity contribution in [1.82, 2.24) is 9.80 Å². The topological polar surface area (TPSA) is 6.48 Å². The van der Waals surface area contributed by atoms with Gasteiger partial charge >= 0.3 is 0 Å². The van der Waals surface area contributed by atoms with Crippen LogP contribution in [-0.2, 0) is 6.42 Å². The lowest BCUT2D eigenvalue weighted by Gasteiger charge is -2.36. The van der Waals surface area contributed by atoms with Crippen LogP contribution >= 0.6 is 0 Å². The minimum atomic E-state index is 0.776. The smallest absolute Gasteiger partial charge is 0.0110 e. The van der Waals surface area contributed by atoms with E-state index in [0.29, 0.717) is 0 Å². The van der Waals surface area contributed by atoms with Crippen LogP contribution in [0.25, 0.3) is 0 Å². The summed E-state index contributed by atoms with van der Waals surface area (Å²) < 4.78 is 0. The quantitative estimate of drug-likeness (QED) is 0.788. The fourth-order valence-corrected chi connectivity index (χ4v) is 3.39. The molecule has 98 valence electrons. The predicted octanol–water partition coefficient (Wildman–Crippen LogP) is 2.35. The van der Waals surface area contributed by atoms with Crippen molar-refractivity contribution in [3.63, 3.8) is 0 Å². The Bertz CT molecular complexity index is 394. The molecule has 1 aromatic carbocycles. The van der Waals surface area contributed by atoms with Gasteiger partial charge in [-0.2, -0.15) is 0 Å². The molecule has 0 spiro atoms. The van der Waals surface area contributed by atoms with Crippen molar-refractivity contribution in [2.24, 2.45) is 0 Å². The third-order valence-corrected chi connectivity index (χ3v) is 4.57. The van der Waals surface area contributed by atoms with Gasteiger partial charge in [-0.1, -0.05) is 24.3 Å². The summed E-state index contributed by atoms with van der Waals surface area (Å²) in [4.78, 5) is 5.10. The molecule has 0 aromatic heterocycles. The maximum Gasteiger partial charge on any atom is 0.0110 e. The summed E-state index contributed by atoms with van der Waals surface area (Å²) in [5, 5.41) is 0. The number of rotatable bonds is 2. The fourth-order valence-electron chi connectivity index (χ4n) is 3.39. The van der Waals surface area contributed by atoms with Gasteiger partial charge in [0.05, 0.1) is 0 Å². The van der Waals surface area contributed by atoms with Crippen molar-refractivity contribution < 1.29 is 0 Å². The Morgan fingerprint density at radius 1 is 1.11 bits per heavy atom. The lowest BCUT2D eigenvalue weighted by Crippen LogP contribution is -2.46. The number of aryl methyl sites for hydroxylation is 1. The van der Waals surface area contributed by atoms with E-state index in [2.05, 4.69) is 41.1 Å². The molecule has 1 atom stereocenters. The van der Waals surface area contributed by atoms with Crippen LogP contribution in [0.15, 0.2) is 24.3 Å². The maximum absolute atomic E-state index is 2.66. The average molecular weight is 244 g/mol. The lowest BCUT2D eigenvalue weighted by atomic mass is 9.82. The molecule has 2 nitrogen and oxygen atoms in total. The minimum absolute atomic E-state index is 0.776. The molecular formula is C16H24N2. The van der Waals surface area contributed by atoms with Gasteiger partial charge < -0.3 is 9.80 Å². The van der Waals surface area contributed by atoms with Crippen LogP contribution in [0.2, 0.25) is 0 Å². The zero-order valence-corrected chi connectivity index (χ0v) is 11.4. The maximum atomic E-state index is 2.66. The van der Waals surface area contributed by atoms with E-state index in [1.807, 2.05) is 0 Å². The Kier molecular flexibility index (Phi) is 3.67. The van der Waals surface area contributed by atoms with Gasteiger partial charge in [0, 0.05) is 32.7 Å². The van der Waals surface area contributed by atoms with Crippen LogP contribution in [0.1, 0.15) is 29.9 Å². The summed E-state index contributed by atoms with van der Waals surface area (Å²) in [6, 6.07) is 9.08. The monoisotopic (exact) mass is 244 g/mol. The third kappa shape index (κ3) is 2.60. The number of nitrogens with zero attached hydrogens (tertiary/aromatic N) is 2. The SMILES string of the molecule is CN1CCN(CC2CCCc3ccccc32)CC1. The van der Waals surface area contributed by atoms with E-state index in [4.69, 9.17) is 0 Å². The van der Waals surface area contributed by atoms with Gasteiger partial charge in [0.2, 0.25) is 0 Å². The second-order valence-electron chi connectivity index (χ2n) is 5.89. The molecule has 0 amide bonds. The highest BCUT2D eigenvalue weighted by Gasteiger charge is 2.23. The van der Waals surface area contributed by atoms with Crippen molar-refractivity contribution in [2.45, 2.75) is 25.2 Å². The van der Waals surface area contributed by atoms with Crippen LogP contribution in [0.4, 0.5) is 0 Å². The summed E-state index contributed by atoms with van der Waals surface area (Å²) >= 11 is 0. The van der Waals surface area contributed by atoms with Crippen LogP contribution < -0.4 is 0 Å². The Morgan fingerprint density at radius 2 is 1.89 bits per heavy atom. The number of hydrogen-bond acceptors (Lipinski definition) is 2. The molecule has 0 saturated carbocycles. The van der Waals surface area contributed by atoms with Crippen LogP contribution in [-0.4, -0.2) is 49.6 Å². The molecule has 1 heterocycles. The Balaban J connectivity index is 1.67. The summed E-state index contributed by atoms with van der Waals surface area (Å²) in [6.07, 6.45) is 4.04. The molecule has 1 unspecified atom stereocenters. The molecule has 1 fully saturated rings.